The zero-order valence-electron chi connectivity index (χ0n) is 7.42. The molecule has 0 spiro atoms. The monoisotopic (exact) mass is 184 g/mol. The van der Waals surface area contributed by atoms with E-state index in [-0.39, 0.29) is 13.2 Å². The van der Waals surface area contributed by atoms with Crippen LogP contribution in [0.3, 0.4) is 0 Å². The number of carbonyl (C=O) groups is 2. The highest BCUT2D eigenvalue weighted by molar-refractivity contribution is 5.90. The summed E-state index contributed by atoms with van der Waals surface area (Å²) < 4.78 is 4.58. The molecule has 0 fully saturated rings. The van der Waals surface area contributed by atoms with Crippen LogP contribution < -0.4 is 10.6 Å². The lowest BCUT2D eigenvalue weighted by Crippen LogP contribution is -2.39. The van der Waals surface area contributed by atoms with E-state index in [2.05, 4.69) is 16.0 Å². The summed E-state index contributed by atoms with van der Waals surface area (Å²) in [5.74, 6) is 2.19. The highest BCUT2D eigenvalue weighted by Crippen LogP contribution is 1.81. The third-order valence-corrected chi connectivity index (χ3v) is 1.00. The quantitative estimate of drug-likeness (QED) is 0.626. The summed E-state index contributed by atoms with van der Waals surface area (Å²) in [5.41, 5.74) is 0. The second kappa shape index (κ2) is 6.98. The Kier molecular flexibility index (Phi) is 6.06. The van der Waals surface area contributed by atoms with E-state index in [0.717, 1.165) is 0 Å². The summed E-state index contributed by atoms with van der Waals surface area (Å²) in [6.07, 6.45) is 4.82. The molecule has 72 valence electrons. The van der Waals surface area contributed by atoms with Gasteiger partial charge in [-0.1, -0.05) is 12.8 Å². The SMILES string of the molecule is C#CCNC(=O)NC(=O)OCCC. The molecule has 0 heterocycles. The Morgan fingerprint density at radius 3 is 2.77 bits per heavy atom. The molecule has 0 bridgehead atoms. The number of hydrogen-bond donors (Lipinski definition) is 2. The van der Waals surface area contributed by atoms with Crippen LogP contribution in [0.25, 0.3) is 0 Å². The van der Waals surface area contributed by atoms with Gasteiger partial charge in [-0.25, -0.2) is 14.9 Å². The van der Waals surface area contributed by atoms with Crippen molar-refractivity contribution in [1.82, 2.24) is 10.6 Å². The molecule has 0 aromatic carbocycles. The van der Waals surface area contributed by atoms with Crippen molar-refractivity contribution in [3.05, 3.63) is 0 Å². The summed E-state index contributed by atoms with van der Waals surface area (Å²) in [7, 11) is 0. The van der Waals surface area contributed by atoms with Crippen molar-refractivity contribution < 1.29 is 14.3 Å². The topological polar surface area (TPSA) is 67.4 Å². The molecule has 5 nitrogen and oxygen atoms in total. The van der Waals surface area contributed by atoms with Crippen LogP contribution in [0.15, 0.2) is 0 Å². The van der Waals surface area contributed by atoms with Crippen LogP contribution in [-0.2, 0) is 4.74 Å². The van der Waals surface area contributed by atoms with Gasteiger partial charge in [0.1, 0.15) is 0 Å². The number of nitrogens with one attached hydrogen (secondary N) is 2. The number of urea groups is 1. The van der Waals surface area contributed by atoms with Crippen LogP contribution >= 0.6 is 0 Å². The fraction of sp³-hybridized carbons (Fsp3) is 0.500. The molecule has 2 N–H and O–H groups in total. The van der Waals surface area contributed by atoms with Crippen molar-refractivity contribution >= 4 is 12.1 Å². The van der Waals surface area contributed by atoms with Crippen molar-refractivity contribution in [2.45, 2.75) is 13.3 Å². The van der Waals surface area contributed by atoms with Gasteiger partial charge in [0, 0.05) is 0 Å². The predicted octanol–water partition coefficient (Wildman–Crippen LogP) is 0.465. The first-order chi connectivity index (χ1) is 6.20. The molecular formula is C8H12N2O3. The average Bonchev–Trinajstić information content (AvgIpc) is 2.11. The molecule has 0 aliphatic carbocycles. The minimum absolute atomic E-state index is 0.0763. The molecule has 0 rings (SSSR count). The van der Waals surface area contributed by atoms with Crippen molar-refractivity contribution in [2.24, 2.45) is 0 Å². The highest BCUT2D eigenvalue weighted by Gasteiger charge is 2.05. The van der Waals surface area contributed by atoms with E-state index in [0.29, 0.717) is 6.42 Å². The standard InChI is InChI=1S/C8H12N2O3/c1-3-5-9-7(11)10-8(12)13-6-4-2/h1H,4-6H2,2H3,(H2,9,10,11,12). The smallest absolute Gasteiger partial charge is 0.415 e. The predicted molar refractivity (Wildman–Crippen MR) is 47.0 cm³/mol. The Morgan fingerprint density at radius 2 is 2.23 bits per heavy atom. The van der Waals surface area contributed by atoms with Gasteiger partial charge in [-0.3, -0.25) is 0 Å². The van der Waals surface area contributed by atoms with Crippen LogP contribution in [0.4, 0.5) is 9.59 Å². The van der Waals surface area contributed by atoms with E-state index in [9.17, 15) is 9.59 Å². The number of carbonyl (C=O) groups excluding carboxylic acids is 2. The fourth-order valence-corrected chi connectivity index (χ4v) is 0.499. The van der Waals surface area contributed by atoms with Crippen LogP contribution in [-0.4, -0.2) is 25.3 Å². The number of alkyl carbamates (subject to hydrolysis) is 1. The van der Waals surface area contributed by atoms with Crippen molar-refractivity contribution in [2.75, 3.05) is 13.2 Å². The first-order valence-electron chi connectivity index (χ1n) is 3.85. The van der Waals surface area contributed by atoms with Crippen LogP contribution in [0.5, 0.6) is 0 Å². The minimum atomic E-state index is -0.767. The van der Waals surface area contributed by atoms with Gasteiger partial charge < -0.3 is 10.1 Å². The summed E-state index contributed by atoms with van der Waals surface area (Å²) in [6, 6.07) is -0.654. The number of terminal acetylenes is 1. The summed E-state index contributed by atoms with van der Waals surface area (Å²) in [6.45, 7) is 2.22. The molecule has 0 unspecified atom stereocenters. The third kappa shape index (κ3) is 6.69. The molecule has 0 saturated carbocycles. The largest absolute Gasteiger partial charge is 0.449 e. The summed E-state index contributed by atoms with van der Waals surface area (Å²) >= 11 is 0. The van der Waals surface area contributed by atoms with Gasteiger partial charge in [-0.2, -0.15) is 0 Å². The number of ether oxygens (including phenoxy) is 1. The normalized spacial score (nSPS) is 8.31. The number of imide groups is 1. The summed E-state index contributed by atoms with van der Waals surface area (Å²) in [4.78, 5) is 21.5. The molecular weight excluding hydrogens is 172 g/mol. The van der Waals surface area contributed by atoms with Gasteiger partial charge in [0.25, 0.3) is 0 Å². The molecule has 0 atom stereocenters. The van der Waals surface area contributed by atoms with Crippen LogP contribution in [0.1, 0.15) is 13.3 Å². The minimum Gasteiger partial charge on any atom is -0.449 e. The van der Waals surface area contributed by atoms with Gasteiger partial charge in [0.05, 0.1) is 13.2 Å². The Bertz CT molecular complexity index is 220. The lowest BCUT2D eigenvalue weighted by atomic mass is 10.5. The maximum Gasteiger partial charge on any atom is 0.415 e. The van der Waals surface area contributed by atoms with Gasteiger partial charge in [0.2, 0.25) is 0 Å². The highest BCUT2D eigenvalue weighted by atomic mass is 16.5. The maximum atomic E-state index is 10.8. The molecule has 0 radical (unpaired) electrons. The molecule has 5 heteroatoms. The molecule has 13 heavy (non-hydrogen) atoms. The molecule has 0 saturated heterocycles. The third-order valence-electron chi connectivity index (χ3n) is 1.00. The fourth-order valence-electron chi connectivity index (χ4n) is 0.499. The first kappa shape index (κ1) is 11.3. The Hall–Kier alpha value is -1.70. The van der Waals surface area contributed by atoms with Gasteiger partial charge in [-0.05, 0) is 6.42 Å². The van der Waals surface area contributed by atoms with Crippen LogP contribution in [0.2, 0.25) is 0 Å². The Labute approximate surface area is 76.8 Å². The second-order valence-corrected chi connectivity index (χ2v) is 2.15. The average molecular weight is 184 g/mol. The zero-order chi connectivity index (χ0) is 10.1. The molecule has 0 aliphatic rings. The van der Waals surface area contributed by atoms with E-state index in [1.807, 2.05) is 12.2 Å². The van der Waals surface area contributed by atoms with E-state index in [1.54, 1.807) is 0 Å². The Balaban J connectivity index is 3.54. The first-order valence-corrected chi connectivity index (χ1v) is 3.85. The molecule has 0 aromatic rings. The molecule has 3 amide bonds. The van der Waals surface area contributed by atoms with Gasteiger partial charge in [-0.15, -0.1) is 6.42 Å². The lowest BCUT2D eigenvalue weighted by Gasteiger charge is -2.04. The van der Waals surface area contributed by atoms with Gasteiger partial charge in [0.15, 0.2) is 0 Å². The van der Waals surface area contributed by atoms with E-state index >= 15 is 0 Å². The van der Waals surface area contributed by atoms with Gasteiger partial charge >= 0.3 is 12.1 Å². The van der Waals surface area contributed by atoms with Crippen molar-refractivity contribution in [3.63, 3.8) is 0 Å². The number of hydrogen-bond acceptors (Lipinski definition) is 3. The van der Waals surface area contributed by atoms with E-state index in [4.69, 9.17) is 6.42 Å². The van der Waals surface area contributed by atoms with Crippen molar-refractivity contribution in [3.8, 4) is 12.3 Å². The summed E-state index contributed by atoms with van der Waals surface area (Å²) in [5, 5.41) is 4.20. The van der Waals surface area contributed by atoms with Crippen LogP contribution in [0, 0.1) is 12.3 Å². The number of rotatable bonds is 3. The second-order valence-electron chi connectivity index (χ2n) is 2.15. The zero-order valence-corrected chi connectivity index (χ0v) is 7.42. The van der Waals surface area contributed by atoms with Crippen molar-refractivity contribution in [1.29, 1.82) is 0 Å². The van der Waals surface area contributed by atoms with E-state index < -0.39 is 12.1 Å². The lowest BCUT2D eigenvalue weighted by molar-refractivity contribution is 0.147. The number of amides is 3. The molecule has 0 aromatic heterocycles. The Morgan fingerprint density at radius 1 is 1.54 bits per heavy atom. The molecule has 0 aliphatic heterocycles. The maximum absolute atomic E-state index is 10.8. The van der Waals surface area contributed by atoms with E-state index in [1.165, 1.54) is 0 Å².